The molecule has 1 saturated heterocycles. The number of fused-ring (bicyclic) bond motifs is 1. The van der Waals surface area contributed by atoms with Gasteiger partial charge in [-0.05, 0) is 49.7 Å². The minimum atomic E-state index is 0. The summed E-state index contributed by atoms with van der Waals surface area (Å²) >= 11 is 0. The van der Waals surface area contributed by atoms with Crippen LogP contribution in [0.15, 0.2) is 42.5 Å². The van der Waals surface area contributed by atoms with Gasteiger partial charge < -0.3 is 21.3 Å². The summed E-state index contributed by atoms with van der Waals surface area (Å²) in [7, 11) is 0. The molecule has 3 aromatic rings. The molecule has 33 heavy (non-hydrogen) atoms. The van der Waals surface area contributed by atoms with Crippen LogP contribution in [0.3, 0.4) is 0 Å². The normalized spacial score (nSPS) is 14.9. The van der Waals surface area contributed by atoms with Crippen molar-refractivity contribution in [1.29, 1.82) is 5.26 Å². The lowest BCUT2D eigenvalue weighted by atomic mass is 10.2. The minimum Gasteiger partial charge on any atom is -0.399 e. The van der Waals surface area contributed by atoms with Crippen LogP contribution in [0.25, 0.3) is 10.9 Å². The van der Waals surface area contributed by atoms with Gasteiger partial charge >= 0.3 is 0 Å². The van der Waals surface area contributed by atoms with E-state index in [1.807, 2.05) is 18.2 Å². The van der Waals surface area contributed by atoms with Gasteiger partial charge in [0, 0.05) is 35.9 Å². The van der Waals surface area contributed by atoms with Crippen LogP contribution < -0.4 is 21.3 Å². The predicted molar refractivity (Wildman–Crippen MR) is 141 cm³/mol. The quantitative estimate of drug-likeness (QED) is 0.302. The molecular formula is C24H31Cl2N7. The molecule has 2 aromatic carbocycles. The number of nitrogens with one attached hydrogen (secondary N) is 2. The smallest absolute Gasteiger partial charge is 0.229 e. The third-order valence-electron chi connectivity index (χ3n) is 5.62. The van der Waals surface area contributed by atoms with Gasteiger partial charge in [-0.1, -0.05) is 31.9 Å². The Morgan fingerprint density at radius 2 is 1.97 bits per heavy atom. The largest absolute Gasteiger partial charge is 0.399 e. The number of nitrogens with two attached hydrogens (primary N) is 1. The second-order valence-electron chi connectivity index (χ2n) is 8.06. The summed E-state index contributed by atoms with van der Waals surface area (Å²) in [6.45, 7) is 5.20. The number of hydrogen-bond acceptors (Lipinski definition) is 7. The van der Waals surface area contributed by atoms with Crippen molar-refractivity contribution in [3.8, 4) is 6.07 Å². The number of nitrogens with zero attached hydrogens (tertiary/aromatic N) is 4. The topological polar surface area (TPSA) is 103 Å². The van der Waals surface area contributed by atoms with Crippen molar-refractivity contribution in [3.63, 3.8) is 0 Å². The van der Waals surface area contributed by atoms with E-state index < -0.39 is 0 Å². The monoisotopic (exact) mass is 487 g/mol. The van der Waals surface area contributed by atoms with Gasteiger partial charge in [0.25, 0.3) is 0 Å². The van der Waals surface area contributed by atoms with E-state index in [0.29, 0.717) is 28.9 Å². The van der Waals surface area contributed by atoms with Crippen LogP contribution in [0.2, 0.25) is 0 Å². The second-order valence-corrected chi connectivity index (χ2v) is 8.06. The van der Waals surface area contributed by atoms with Crippen LogP contribution in [0.1, 0.15) is 38.2 Å². The van der Waals surface area contributed by atoms with Crippen molar-refractivity contribution in [2.75, 3.05) is 35.6 Å². The maximum atomic E-state index is 9.22. The molecule has 1 aromatic heterocycles. The minimum absolute atomic E-state index is 0. The highest BCUT2D eigenvalue weighted by atomic mass is 35.5. The molecule has 7 nitrogen and oxygen atoms in total. The summed E-state index contributed by atoms with van der Waals surface area (Å²) in [6, 6.07) is 15.9. The van der Waals surface area contributed by atoms with Crippen molar-refractivity contribution >= 4 is 58.9 Å². The molecule has 1 fully saturated rings. The Kier molecular flexibility index (Phi) is 9.98. The molecule has 0 aliphatic carbocycles. The van der Waals surface area contributed by atoms with Gasteiger partial charge in [0.1, 0.15) is 5.82 Å². The molecule has 4 rings (SSSR count). The summed E-state index contributed by atoms with van der Waals surface area (Å²) in [5.74, 6) is 1.44. The van der Waals surface area contributed by atoms with E-state index in [0.717, 1.165) is 42.8 Å². The molecule has 2 heterocycles. The van der Waals surface area contributed by atoms with E-state index >= 15 is 0 Å². The summed E-state index contributed by atoms with van der Waals surface area (Å²) in [5, 5.41) is 17.2. The molecule has 0 bridgehead atoms. The lowest BCUT2D eigenvalue weighted by molar-refractivity contribution is 0.527. The number of anilines is 4. The number of unbranched alkanes of at least 4 members (excludes halogenated alkanes) is 2. The van der Waals surface area contributed by atoms with E-state index in [2.05, 4.69) is 39.6 Å². The van der Waals surface area contributed by atoms with Crippen molar-refractivity contribution in [2.45, 2.75) is 38.6 Å². The fourth-order valence-electron chi connectivity index (χ4n) is 4.07. The van der Waals surface area contributed by atoms with Gasteiger partial charge in [-0.2, -0.15) is 10.2 Å². The summed E-state index contributed by atoms with van der Waals surface area (Å²) in [5.41, 5.74) is 8.55. The highest BCUT2D eigenvalue weighted by Gasteiger charge is 2.25. The Labute approximate surface area is 207 Å². The molecule has 1 aliphatic heterocycles. The first-order valence-electron chi connectivity index (χ1n) is 11.0. The maximum absolute atomic E-state index is 9.22. The highest BCUT2D eigenvalue weighted by molar-refractivity contribution is 5.91. The predicted octanol–water partition coefficient (Wildman–Crippen LogP) is 5.03. The van der Waals surface area contributed by atoms with Crippen LogP contribution in [0.4, 0.5) is 23.1 Å². The van der Waals surface area contributed by atoms with Gasteiger partial charge in [-0.25, -0.2) is 4.98 Å². The van der Waals surface area contributed by atoms with Crippen molar-refractivity contribution in [1.82, 2.24) is 15.3 Å². The summed E-state index contributed by atoms with van der Waals surface area (Å²) in [6.07, 6.45) is 4.84. The fraction of sp³-hybridized carbons (Fsp3) is 0.375. The molecule has 1 unspecified atom stereocenters. The molecule has 1 atom stereocenters. The molecule has 0 radical (unpaired) electrons. The zero-order valence-corrected chi connectivity index (χ0v) is 20.4. The van der Waals surface area contributed by atoms with Gasteiger partial charge in [0.15, 0.2) is 0 Å². The van der Waals surface area contributed by atoms with Gasteiger partial charge in [0.05, 0.1) is 17.1 Å². The molecule has 0 amide bonds. The van der Waals surface area contributed by atoms with Crippen LogP contribution in [-0.4, -0.2) is 35.6 Å². The molecular weight excluding hydrogens is 457 g/mol. The fourth-order valence-corrected chi connectivity index (χ4v) is 4.07. The molecule has 9 heteroatoms. The first kappa shape index (κ1) is 26.5. The number of halogens is 2. The average Bonchev–Trinajstić information content (AvgIpc) is 3.24. The standard InChI is InChI=1S/C24H29N7.2ClH/c1-2-3-6-10-27-19-9-11-31(16-19)23-21-7-4-5-8-22(21)29-24(30-23)28-20-13-17(15-25)12-18(26)14-20;;/h4-5,7-8,12-14,19,27H,2-3,6,9-11,16,26H2,1H3,(H,28,29,30);2*1H. The number of rotatable bonds is 8. The summed E-state index contributed by atoms with van der Waals surface area (Å²) in [4.78, 5) is 11.9. The number of hydrogen-bond donors (Lipinski definition) is 3. The van der Waals surface area contributed by atoms with E-state index in [9.17, 15) is 5.26 Å². The van der Waals surface area contributed by atoms with Crippen molar-refractivity contribution in [2.24, 2.45) is 0 Å². The van der Waals surface area contributed by atoms with E-state index in [4.69, 9.17) is 10.7 Å². The SMILES string of the molecule is CCCCCNC1CCN(c2nc(Nc3cc(N)cc(C#N)c3)nc3ccccc23)C1.Cl.Cl. The lowest BCUT2D eigenvalue weighted by Gasteiger charge is -2.21. The molecule has 4 N–H and O–H groups in total. The van der Waals surface area contributed by atoms with Crippen LogP contribution in [0.5, 0.6) is 0 Å². The number of aromatic nitrogens is 2. The Morgan fingerprint density at radius 1 is 1.15 bits per heavy atom. The van der Waals surface area contributed by atoms with Crippen molar-refractivity contribution < 1.29 is 0 Å². The maximum Gasteiger partial charge on any atom is 0.229 e. The van der Waals surface area contributed by atoms with Crippen LogP contribution in [0, 0.1) is 11.3 Å². The average molecular weight is 488 g/mol. The number of benzene rings is 2. The van der Waals surface area contributed by atoms with Gasteiger partial charge in [-0.15, -0.1) is 24.8 Å². The van der Waals surface area contributed by atoms with Crippen LogP contribution >= 0.6 is 24.8 Å². The van der Waals surface area contributed by atoms with Gasteiger partial charge in [-0.3, -0.25) is 0 Å². The van der Waals surface area contributed by atoms with Crippen molar-refractivity contribution in [3.05, 3.63) is 48.0 Å². The Balaban J connectivity index is 0.00000193. The Hall–Kier alpha value is -2.79. The molecule has 1 aliphatic rings. The Bertz CT molecular complexity index is 1100. The third-order valence-corrected chi connectivity index (χ3v) is 5.62. The van der Waals surface area contributed by atoms with E-state index in [1.165, 1.54) is 19.3 Å². The highest BCUT2D eigenvalue weighted by Crippen LogP contribution is 2.29. The number of nitriles is 1. The zero-order valence-electron chi connectivity index (χ0n) is 18.8. The second kappa shape index (κ2) is 12.4. The first-order valence-corrected chi connectivity index (χ1v) is 11.0. The molecule has 176 valence electrons. The van der Waals surface area contributed by atoms with E-state index in [1.54, 1.807) is 18.2 Å². The summed E-state index contributed by atoms with van der Waals surface area (Å²) < 4.78 is 0. The molecule has 0 spiro atoms. The zero-order chi connectivity index (χ0) is 21.6. The third kappa shape index (κ3) is 6.61. The number of para-hydroxylation sites is 1. The number of nitrogen functional groups attached to an aromatic ring is 1. The lowest BCUT2D eigenvalue weighted by Crippen LogP contribution is -2.33. The molecule has 0 saturated carbocycles. The Morgan fingerprint density at radius 3 is 2.76 bits per heavy atom. The first-order chi connectivity index (χ1) is 15.2. The van der Waals surface area contributed by atoms with E-state index in [-0.39, 0.29) is 24.8 Å². The van der Waals surface area contributed by atoms with Gasteiger partial charge in [0.2, 0.25) is 5.95 Å². The van der Waals surface area contributed by atoms with Crippen LogP contribution in [-0.2, 0) is 0 Å².